The monoisotopic (exact) mass is 233 g/mol. The lowest BCUT2D eigenvalue weighted by molar-refractivity contribution is 0.275. The molecule has 1 heterocycles. The summed E-state index contributed by atoms with van der Waals surface area (Å²) in [5.74, 6) is 0.628. The van der Waals surface area contributed by atoms with Crippen molar-refractivity contribution in [2.24, 2.45) is 0 Å². The van der Waals surface area contributed by atoms with Crippen LogP contribution < -0.4 is 4.74 Å². The van der Waals surface area contributed by atoms with Gasteiger partial charge in [0.05, 0.1) is 12.3 Å². The van der Waals surface area contributed by atoms with Gasteiger partial charge in [0, 0.05) is 11.8 Å². The first-order chi connectivity index (χ1) is 8.20. The SMILES string of the molecule is Cc1ncccc1Oc1ccc(F)cc1CO. The standard InChI is InChI=1S/C13H12FNO2/c1-9-12(3-2-6-15-9)17-13-5-4-11(14)7-10(13)8-16/h2-7,16H,8H2,1H3. The molecule has 1 aromatic heterocycles. The fourth-order valence-corrected chi connectivity index (χ4v) is 1.47. The minimum Gasteiger partial charge on any atom is -0.455 e. The Bertz CT molecular complexity index is 529. The summed E-state index contributed by atoms with van der Waals surface area (Å²) in [6.07, 6.45) is 1.67. The molecule has 0 saturated heterocycles. The molecule has 0 saturated carbocycles. The molecule has 2 aromatic rings. The Morgan fingerprint density at radius 3 is 2.82 bits per heavy atom. The van der Waals surface area contributed by atoms with E-state index in [-0.39, 0.29) is 6.61 Å². The number of halogens is 1. The van der Waals surface area contributed by atoms with Crippen molar-refractivity contribution in [2.75, 3.05) is 0 Å². The van der Waals surface area contributed by atoms with E-state index in [1.165, 1.54) is 18.2 Å². The van der Waals surface area contributed by atoms with Crippen LogP contribution in [0.2, 0.25) is 0 Å². The number of aliphatic hydroxyl groups excluding tert-OH is 1. The average molecular weight is 233 g/mol. The molecule has 1 aromatic carbocycles. The van der Waals surface area contributed by atoms with E-state index >= 15 is 0 Å². The number of nitrogens with zero attached hydrogens (tertiary/aromatic N) is 1. The molecule has 2 rings (SSSR count). The van der Waals surface area contributed by atoms with E-state index in [0.717, 1.165) is 5.69 Å². The molecule has 4 heteroatoms. The van der Waals surface area contributed by atoms with E-state index in [1.54, 1.807) is 18.3 Å². The molecule has 3 nitrogen and oxygen atoms in total. The summed E-state index contributed by atoms with van der Waals surface area (Å²) in [6.45, 7) is 1.55. The highest BCUT2D eigenvalue weighted by molar-refractivity contribution is 5.38. The van der Waals surface area contributed by atoms with Gasteiger partial charge in [-0.05, 0) is 37.3 Å². The summed E-state index contributed by atoms with van der Waals surface area (Å²) in [7, 11) is 0. The third-order valence-electron chi connectivity index (χ3n) is 2.37. The first kappa shape index (κ1) is 11.5. The number of hydrogen-bond donors (Lipinski definition) is 1. The molecule has 0 aliphatic heterocycles. The lowest BCUT2D eigenvalue weighted by Gasteiger charge is -2.10. The van der Waals surface area contributed by atoms with Gasteiger partial charge in [-0.15, -0.1) is 0 Å². The smallest absolute Gasteiger partial charge is 0.148 e. The number of aryl methyl sites for hydroxylation is 1. The molecule has 0 aliphatic rings. The van der Waals surface area contributed by atoms with Gasteiger partial charge in [0.2, 0.25) is 0 Å². The van der Waals surface area contributed by atoms with Gasteiger partial charge < -0.3 is 9.84 Å². The predicted octanol–water partition coefficient (Wildman–Crippen LogP) is 2.81. The van der Waals surface area contributed by atoms with E-state index in [9.17, 15) is 4.39 Å². The van der Waals surface area contributed by atoms with Crippen molar-refractivity contribution < 1.29 is 14.2 Å². The Morgan fingerprint density at radius 2 is 2.12 bits per heavy atom. The molecule has 0 spiro atoms. The summed E-state index contributed by atoms with van der Waals surface area (Å²) in [4.78, 5) is 4.09. The number of hydrogen-bond acceptors (Lipinski definition) is 3. The fourth-order valence-electron chi connectivity index (χ4n) is 1.47. The molecular weight excluding hydrogens is 221 g/mol. The molecule has 0 unspecified atom stereocenters. The lowest BCUT2D eigenvalue weighted by Crippen LogP contribution is -1.95. The number of aromatic nitrogens is 1. The first-order valence-corrected chi connectivity index (χ1v) is 5.19. The Kier molecular flexibility index (Phi) is 3.35. The zero-order valence-electron chi connectivity index (χ0n) is 9.35. The van der Waals surface area contributed by atoms with E-state index in [4.69, 9.17) is 9.84 Å². The van der Waals surface area contributed by atoms with Gasteiger partial charge >= 0.3 is 0 Å². The average Bonchev–Trinajstić information content (AvgIpc) is 2.34. The molecule has 0 amide bonds. The summed E-state index contributed by atoms with van der Waals surface area (Å²) in [6, 6.07) is 7.56. The van der Waals surface area contributed by atoms with E-state index in [1.807, 2.05) is 6.92 Å². The van der Waals surface area contributed by atoms with E-state index in [0.29, 0.717) is 17.1 Å². The number of rotatable bonds is 3. The second-order valence-corrected chi connectivity index (χ2v) is 3.60. The molecule has 0 atom stereocenters. The van der Waals surface area contributed by atoms with Crippen LogP contribution in [0, 0.1) is 12.7 Å². The van der Waals surface area contributed by atoms with Crippen LogP contribution in [-0.4, -0.2) is 10.1 Å². The number of ether oxygens (including phenoxy) is 1. The van der Waals surface area contributed by atoms with Crippen molar-refractivity contribution in [3.63, 3.8) is 0 Å². The first-order valence-electron chi connectivity index (χ1n) is 5.19. The molecule has 0 aliphatic carbocycles. The topological polar surface area (TPSA) is 42.4 Å². The summed E-state index contributed by atoms with van der Waals surface area (Å²) in [5.41, 5.74) is 1.15. The van der Waals surface area contributed by atoms with Crippen molar-refractivity contribution in [3.8, 4) is 11.5 Å². The molecule has 1 N–H and O–H groups in total. The quantitative estimate of drug-likeness (QED) is 0.886. The van der Waals surface area contributed by atoms with Gasteiger partial charge in [0.15, 0.2) is 0 Å². The van der Waals surface area contributed by atoms with Crippen LogP contribution in [0.4, 0.5) is 4.39 Å². The zero-order valence-corrected chi connectivity index (χ0v) is 9.35. The summed E-state index contributed by atoms with van der Waals surface area (Å²) >= 11 is 0. The van der Waals surface area contributed by atoms with E-state index < -0.39 is 5.82 Å². The van der Waals surface area contributed by atoms with Gasteiger partial charge in [0.1, 0.15) is 17.3 Å². The Hall–Kier alpha value is -1.94. The lowest BCUT2D eigenvalue weighted by atomic mass is 10.2. The van der Waals surface area contributed by atoms with Crippen LogP contribution in [0.1, 0.15) is 11.3 Å². The maximum atomic E-state index is 13.0. The van der Waals surface area contributed by atoms with Gasteiger partial charge in [-0.3, -0.25) is 4.98 Å². The third kappa shape index (κ3) is 2.60. The second-order valence-electron chi connectivity index (χ2n) is 3.60. The minimum absolute atomic E-state index is 0.271. The predicted molar refractivity (Wildman–Crippen MR) is 61.4 cm³/mol. The molecular formula is C13H12FNO2. The third-order valence-corrected chi connectivity index (χ3v) is 2.37. The summed E-state index contributed by atoms with van der Waals surface area (Å²) in [5, 5.41) is 9.13. The summed E-state index contributed by atoms with van der Waals surface area (Å²) < 4.78 is 18.6. The molecule has 0 bridgehead atoms. The highest BCUT2D eigenvalue weighted by Gasteiger charge is 2.07. The maximum absolute atomic E-state index is 13.0. The Labute approximate surface area is 98.5 Å². The highest BCUT2D eigenvalue weighted by atomic mass is 19.1. The van der Waals surface area contributed by atoms with Crippen molar-refractivity contribution >= 4 is 0 Å². The molecule has 88 valence electrons. The van der Waals surface area contributed by atoms with Crippen molar-refractivity contribution in [3.05, 3.63) is 53.6 Å². The molecule has 0 radical (unpaired) electrons. The highest BCUT2D eigenvalue weighted by Crippen LogP contribution is 2.27. The van der Waals surface area contributed by atoms with Crippen LogP contribution in [0.25, 0.3) is 0 Å². The minimum atomic E-state index is -0.399. The largest absolute Gasteiger partial charge is 0.455 e. The number of benzene rings is 1. The van der Waals surface area contributed by atoms with Gasteiger partial charge in [-0.2, -0.15) is 0 Å². The Morgan fingerprint density at radius 1 is 1.29 bits per heavy atom. The van der Waals surface area contributed by atoms with Crippen molar-refractivity contribution in [1.82, 2.24) is 4.98 Å². The van der Waals surface area contributed by atoms with E-state index in [2.05, 4.69) is 4.98 Å². The van der Waals surface area contributed by atoms with Crippen LogP contribution in [-0.2, 0) is 6.61 Å². The van der Waals surface area contributed by atoms with Crippen LogP contribution >= 0.6 is 0 Å². The molecule has 17 heavy (non-hydrogen) atoms. The van der Waals surface area contributed by atoms with Gasteiger partial charge in [-0.1, -0.05) is 0 Å². The van der Waals surface area contributed by atoms with Crippen LogP contribution in [0.5, 0.6) is 11.5 Å². The van der Waals surface area contributed by atoms with Crippen molar-refractivity contribution in [2.45, 2.75) is 13.5 Å². The second kappa shape index (κ2) is 4.93. The zero-order chi connectivity index (χ0) is 12.3. The van der Waals surface area contributed by atoms with Crippen molar-refractivity contribution in [1.29, 1.82) is 0 Å². The van der Waals surface area contributed by atoms with Gasteiger partial charge in [0.25, 0.3) is 0 Å². The maximum Gasteiger partial charge on any atom is 0.148 e. The number of aliphatic hydroxyl groups is 1. The van der Waals surface area contributed by atoms with Crippen LogP contribution in [0.3, 0.4) is 0 Å². The van der Waals surface area contributed by atoms with Crippen LogP contribution in [0.15, 0.2) is 36.5 Å². The molecule has 0 fully saturated rings. The normalized spacial score (nSPS) is 10.3. The number of pyridine rings is 1. The van der Waals surface area contributed by atoms with Gasteiger partial charge in [-0.25, -0.2) is 4.39 Å². The Balaban J connectivity index is 2.33. The fraction of sp³-hybridized carbons (Fsp3) is 0.154.